The lowest BCUT2D eigenvalue weighted by molar-refractivity contribution is -0.125. The Bertz CT molecular complexity index is 570. The summed E-state index contributed by atoms with van der Waals surface area (Å²) < 4.78 is 0. The van der Waals surface area contributed by atoms with Gasteiger partial charge in [-0.1, -0.05) is 17.7 Å². The Hall–Kier alpha value is -1.88. The Morgan fingerprint density at radius 2 is 2.22 bits per heavy atom. The lowest BCUT2D eigenvalue weighted by Crippen LogP contribution is -2.40. The first-order chi connectivity index (χ1) is 8.65. The summed E-state index contributed by atoms with van der Waals surface area (Å²) in [7, 11) is 0. The lowest BCUT2D eigenvalue weighted by Gasteiger charge is -2.28. The van der Waals surface area contributed by atoms with Crippen LogP contribution in [0.4, 0.5) is 5.69 Å². The summed E-state index contributed by atoms with van der Waals surface area (Å²) in [6, 6.07) is 5.01. The molecule has 1 aromatic rings. The van der Waals surface area contributed by atoms with Crippen LogP contribution in [0.25, 0.3) is 0 Å². The molecule has 1 unspecified atom stereocenters. The fourth-order valence-electron chi connectivity index (χ4n) is 2.18. The molecule has 0 radical (unpaired) electrons. The van der Waals surface area contributed by atoms with Crippen molar-refractivity contribution in [2.24, 2.45) is 4.99 Å². The number of rotatable bonds is 1. The maximum atomic E-state index is 11.6. The zero-order valence-corrected chi connectivity index (χ0v) is 10.1. The number of nitrogens with one attached hydrogen (secondary N) is 1. The Balaban J connectivity index is 1.89. The molecule has 1 atom stereocenters. The van der Waals surface area contributed by atoms with Gasteiger partial charge >= 0.3 is 0 Å². The molecule has 0 saturated carbocycles. The number of carbonyl (C=O) groups excluding carboxylic acids is 2. The first kappa shape index (κ1) is 11.2. The summed E-state index contributed by atoms with van der Waals surface area (Å²) in [5.74, 6) is -0.523. The number of halogens is 1. The van der Waals surface area contributed by atoms with Crippen molar-refractivity contribution in [2.45, 2.75) is 19.0 Å². The first-order valence-corrected chi connectivity index (χ1v) is 5.94. The van der Waals surface area contributed by atoms with E-state index in [4.69, 9.17) is 11.6 Å². The monoisotopic (exact) mass is 263 g/mol. The van der Waals surface area contributed by atoms with Crippen LogP contribution in [0.1, 0.15) is 12.0 Å². The largest absolute Gasteiger partial charge is 0.346 e. The van der Waals surface area contributed by atoms with E-state index in [-0.39, 0.29) is 18.2 Å². The minimum absolute atomic E-state index is 0.171. The number of benzene rings is 1. The van der Waals surface area contributed by atoms with Crippen molar-refractivity contribution < 1.29 is 9.59 Å². The van der Waals surface area contributed by atoms with Crippen LogP contribution in [-0.4, -0.2) is 29.1 Å². The Labute approximate surface area is 108 Å². The van der Waals surface area contributed by atoms with E-state index < -0.39 is 6.04 Å². The van der Waals surface area contributed by atoms with Crippen molar-refractivity contribution >= 4 is 35.4 Å². The summed E-state index contributed by atoms with van der Waals surface area (Å²) in [5, 5.41) is 2.91. The van der Waals surface area contributed by atoms with Gasteiger partial charge in [-0.3, -0.25) is 14.9 Å². The zero-order chi connectivity index (χ0) is 12.7. The first-order valence-electron chi connectivity index (χ1n) is 5.56. The third kappa shape index (κ3) is 1.76. The number of hydrogen-bond acceptors (Lipinski definition) is 4. The maximum Gasteiger partial charge on any atom is 0.249 e. The van der Waals surface area contributed by atoms with E-state index in [0.717, 1.165) is 11.3 Å². The molecule has 2 amide bonds. The highest BCUT2D eigenvalue weighted by Gasteiger charge is 2.35. The van der Waals surface area contributed by atoms with Crippen molar-refractivity contribution in [1.29, 1.82) is 0 Å². The third-order valence-electron chi connectivity index (χ3n) is 3.12. The number of fused-ring (bicyclic) bond motifs is 1. The lowest BCUT2D eigenvalue weighted by atomic mass is 10.1. The van der Waals surface area contributed by atoms with Gasteiger partial charge in [0.15, 0.2) is 0 Å². The SMILES string of the molecule is O=C1CC(N2C=Nc3cccc(Cl)c3C2)C(=O)N1. The van der Waals surface area contributed by atoms with Gasteiger partial charge in [-0.05, 0) is 12.1 Å². The molecule has 0 aromatic heterocycles. The molecule has 2 aliphatic heterocycles. The molecular formula is C12H10ClN3O2. The molecule has 2 aliphatic rings. The van der Waals surface area contributed by atoms with Crippen LogP contribution >= 0.6 is 11.6 Å². The van der Waals surface area contributed by atoms with Crippen LogP contribution in [0.3, 0.4) is 0 Å². The predicted molar refractivity (Wildman–Crippen MR) is 66.7 cm³/mol. The number of hydrogen-bond donors (Lipinski definition) is 1. The molecule has 1 N–H and O–H groups in total. The Morgan fingerprint density at radius 3 is 2.94 bits per heavy atom. The summed E-state index contributed by atoms with van der Waals surface area (Å²) in [6.07, 6.45) is 1.77. The van der Waals surface area contributed by atoms with Crippen LogP contribution in [0.5, 0.6) is 0 Å². The van der Waals surface area contributed by atoms with Crippen molar-refractivity contribution in [2.75, 3.05) is 0 Å². The molecule has 0 spiro atoms. The topological polar surface area (TPSA) is 61.8 Å². The summed E-state index contributed by atoms with van der Waals surface area (Å²) >= 11 is 6.11. The number of nitrogens with zero attached hydrogens (tertiary/aromatic N) is 2. The minimum Gasteiger partial charge on any atom is -0.346 e. The second kappa shape index (κ2) is 4.10. The molecule has 1 fully saturated rings. The Morgan fingerprint density at radius 1 is 1.39 bits per heavy atom. The Kier molecular flexibility index (Phi) is 2.56. The maximum absolute atomic E-state index is 11.6. The van der Waals surface area contributed by atoms with Crippen molar-refractivity contribution in [3.8, 4) is 0 Å². The molecule has 5 nitrogen and oxygen atoms in total. The molecule has 6 heteroatoms. The fourth-order valence-corrected chi connectivity index (χ4v) is 2.41. The van der Waals surface area contributed by atoms with Gasteiger partial charge in [0.05, 0.1) is 18.4 Å². The van der Waals surface area contributed by atoms with Crippen molar-refractivity contribution in [3.05, 3.63) is 28.8 Å². The predicted octanol–water partition coefficient (Wildman–Crippen LogP) is 1.23. The van der Waals surface area contributed by atoms with Gasteiger partial charge in [-0.25, -0.2) is 4.99 Å². The second-order valence-corrected chi connectivity index (χ2v) is 4.69. The highest BCUT2D eigenvalue weighted by molar-refractivity contribution is 6.31. The molecule has 1 aromatic carbocycles. The van der Waals surface area contributed by atoms with Gasteiger partial charge in [0.1, 0.15) is 6.04 Å². The molecule has 18 heavy (non-hydrogen) atoms. The standard InChI is InChI=1S/C12H10ClN3O2/c13-8-2-1-3-9-7(8)5-16(6-14-9)10-4-11(17)15-12(10)18/h1-3,6,10H,4-5H2,(H,15,17,18). The van der Waals surface area contributed by atoms with E-state index in [9.17, 15) is 9.59 Å². The third-order valence-corrected chi connectivity index (χ3v) is 3.48. The number of aliphatic imine (C=N–C) groups is 1. The highest BCUT2D eigenvalue weighted by atomic mass is 35.5. The summed E-state index contributed by atoms with van der Waals surface area (Å²) in [5.41, 5.74) is 1.69. The van der Waals surface area contributed by atoms with E-state index in [1.54, 1.807) is 17.3 Å². The van der Waals surface area contributed by atoms with Crippen LogP contribution in [0.2, 0.25) is 5.02 Å². The van der Waals surface area contributed by atoms with Gasteiger partial charge in [0.2, 0.25) is 11.8 Å². The van der Waals surface area contributed by atoms with Gasteiger partial charge in [-0.2, -0.15) is 0 Å². The van der Waals surface area contributed by atoms with E-state index in [1.807, 2.05) is 12.1 Å². The molecular weight excluding hydrogens is 254 g/mol. The second-order valence-electron chi connectivity index (χ2n) is 4.29. The molecule has 92 valence electrons. The average Bonchev–Trinajstić information content (AvgIpc) is 2.69. The molecule has 1 saturated heterocycles. The van der Waals surface area contributed by atoms with Crippen molar-refractivity contribution in [1.82, 2.24) is 10.2 Å². The summed E-state index contributed by atoms with van der Waals surface area (Å²) in [4.78, 5) is 28.8. The molecule has 0 aliphatic carbocycles. The molecule has 2 heterocycles. The van der Waals surface area contributed by atoms with E-state index in [0.29, 0.717) is 11.6 Å². The van der Waals surface area contributed by atoms with Gasteiger partial charge < -0.3 is 4.90 Å². The number of imide groups is 1. The minimum atomic E-state index is -0.481. The van der Waals surface area contributed by atoms with Gasteiger partial charge in [-0.15, -0.1) is 0 Å². The van der Waals surface area contributed by atoms with E-state index >= 15 is 0 Å². The van der Waals surface area contributed by atoms with Crippen molar-refractivity contribution in [3.63, 3.8) is 0 Å². The zero-order valence-electron chi connectivity index (χ0n) is 9.39. The van der Waals surface area contributed by atoms with Gasteiger partial charge in [0.25, 0.3) is 0 Å². The normalized spacial score (nSPS) is 22.1. The van der Waals surface area contributed by atoms with Crippen LogP contribution in [0, 0.1) is 0 Å². The molecule has 0 bridgehead atoms. The number of carbonyl (C=O) groups is 2. The van der Waals surface area contributed by atoms with E-state index in [2.05, 4.69) is 10.3 Å². The van der Waals surface area contributed by atoms with Crippen LogP contribution < -0.4 is 5.32 Å². The smallest absolute Gasteiger partial charge is 0.249 e. The number of amides is 2. The average molecular weight is 264 g/mol. The quantitative estimate of drug-likeness (QED) is 0.775. The van der Waals surface area contributed by atoms with Crippen LogP contribution in [-0.2, 0) is 16.1 Å². The van der Waals surface area contributed by atoms with E-state index in [1.165, 1.54) is 0 Å². The highest BCUT2D eigenvalue weighted by Crippen LogP contribution is 2.31. The van der Waals surface area contributed by atoms with Crippen LogP contribution in [0.15, 0.2) is 23.2 Å². The summed E-state index contributed by atoms with van der Waals surface area (Å²) in [6.45, 7) is 0.490. The molecule has 3 rings (SSSR count). The van der Waals surface area contributed by atoms with Gasteiger partial charge in [0, 0.05) is 17.1 Å². The fraction of sp³-hybridized carbons (Fsp3) is 0.250.